The van der Waals surface area contributed by atoms with E-state index in [1.165, 1.54) is 18.2 Å². The zero-order chi connectivity index (χ0) is 25.7. The molecule has 6 rings (SSSR count). The van der Waals surface area contributed by atoms with Crippen LogP contribution in [0.5, 0.6) is 0 Å². The SMILES string of the molecule is O=C(OC1CN(C(=O)C2CC(c3c(-c4ccc(F)cc4)[nH]c4c(F)cc(F)cc34)C2)C1)C1CCOCC1. The highest BCUT2D eigenvalue weighted by Crippen LogP contribution is 2.49. The maximum atomic E-state index is 14.6. The fourth-order valence-electron chi connectivity index (χ4n) is 5.71. The second-order valence-corrected chi connectivity index (χ2v) is 10.3. The molecule has 2 aliphatic heterocycles. The van der Waals surface area contributed by atoms with Gasteiger partial charge in [-0.2, -0.15) is 0 Å². The van der Waals surface area contributed by atoms with Gasteiger partial charge in [0.15, 0.2) is 0 Å². The molecule has 3 fully saturated rings. The highest BCUT2D eigenvalue weighted by atomic mass is 19.1. The number of nitrogens with zero attached hydrogens (tertiary/aromatic N) is 1. The van der Waals surface area contributed by atoms with Crippen molar-refractivity contribution in [3.05, 3.63) is 59.4 Å². The molecule has 1 amide bonds. The van der Waals surface area contributed by atoms with Crippen LogP contribution in [-0.2, 0) is 19.1 Å². The summed E-state index contributed by atoms with van der Waals surface area (Å²) in [4.78, 5) is 30.1. The lowest BCUT2D eigenvalue weighted by Gasteiger charge is -2.44. The monoisotopic (exact) mass is 512 g/mol. The number of amides is 1. The van der Waals surface area contributed by atoms with Crippen LogP contribution in [0.3, 0.4) is 0 Å². The Morgan fingerprint density at radius 3 is 2.35 bits per heavy atom. The number of nitrogens with one attached hydrogen (secondary N) is 1. The Hall–Kier alpha value is -3.33. The summed E-state index contributed by atoms with van der Waals surface area (Å²) in [6, 6.07) is 7.98. The van der Waals surface area contributed by atoms with E-state index in [1.54, 1.807) is 17.0 Å². The number of rotatable bonds is 5. The van der Waals surface area contributed by atoms with Gasteiger partial charge in [-0.05, 0) is 73.1 Å². The molecule has 0 bridgehead atoms. The molecule has 1 aliphatic carbocycles. The zero-order valence-electron chi connectivity index (χ0n) is 20.1. The molecule has 6 nitrogen and oxygen atoms in total. The van der Waals surface area contributed by atoms with E-state index in [0.717, 1.165) is 11.6 Å². The molecule has 0 atom stereocenters. The van der Waals surface area contributed by atoms with Crippen LogP contribution in [-0.4, -0.2) is 54.2 Å². The number of fused-ring (bicyclic) bond motifs is 1. The van der Waals surface area contributed by atoms with E-state index in [0.29, 0.717) is 68.6 Å². The average Bonchev–Trinajstić information content (AvgIpc) is 3.20. The summed E-state index contributed by atoms with van der Waals surface area (Å²) >= 11 is 0. The number of H-pyrrole nitrogens is 1. The first-order chi connectivity index (χ1) is 17.9. The predicted molar refractivity (Wildman–Crippen MR) is 129 cm³/mol. The lowest BCUT2D eigenvalue weighted by atomic mass is 9.69. The summed E-state index contributed by atoms with van der Waals surface area (Å²) in [5, 5.41) is 0.441. The van der Waals surface area contributed by atoms with Gasteiger partial charge in [0.25, 0.3) is 0 Å². The third kappa shape index (κ3) is 4.50. The number of ether oxygens (including phenoxy) is 2. The van der Waals surface area contributed by atoms with Crippen molar-refractivity contribution < 1.29 is 32.2 Å². The van der Waals surface area contributed by atoms with Crippen LogP contribution < -0.4 is 0 Å². The van der Waals surface area contributed by atoms with Crippen molar-refractivity contribution in [2.45, 2.75) is 37.7 Å². The molecule has 0 radical (unpaired) electrons. The Labute approximate surface area is 211 Å². The predicted octanol–water partition coefficient (Wildman–Crippen LogP) is 4.93. The van der Waals surface area contributed by atoms with Gasteiger partial charge in [0.05, 0.1) is 30.2 Å². The molecule has 9 heteroatoms. The molecule has 3 aromatic rings. The number of hydrogen-bond donors (Lipinski definition) is 1. The van der Waals surface area contributed by atoms with Crippen molar-refractivity contribution in [1.82, 2.24) is 9.88 Å². The van der Waals surface area contributed by atoms with Gasteiger partial charge in [0, 0.05) is 30.6 Å². The van der Waals surface area contributed by atoms with Gasteiger partial charge in [-0.15, -0.1) is 0 Å². The normalized spacial score (nSPS) is 22.5. The molecular weight excluding hydrogens is 485 g/mol. The number of esters is 1. The van der Waals surface area contributed by atoms with Crippen molar-refractivity contribution in [1.29, 1.82) is 0 Å². The van der Waals surface area contributed by atoms with Gasteiger partial charge >= 0.3 is 5.97 Å². The maximum absolute atomic E-state index is 14.6. The third-order valence-electron chi connectivity index (χ3n) is 7.89. The number of aromatic amines is 1. The van der Waals surface area contributed by atoms with Crippen molar-refractivity contribution in [3.8, 4) is 11.3 Å². The number of carbonyl (C=O) groups excluding carboxylic acids is 2. The Bertz CT molecular complexity index is 1340. The van der Waals surface area contributed by atoms with Gasteiger partial charge < -0.3 is 19.4 Å². The van der Waals surface area contributed by atoms with Crippen molar-refractivity contribution >= 4 is 22.8 Å². The smallest absolute Gasteiger partial charge is 0.309 e. The highest BCUT2D eigenvalue weighted by molar-refractivity contribution is 5.92. The molecule has 194 valence electrons. The van der Waals surface area contributed by atoms with Crippen molar-refractivity contribution in [3.63, 3.8) is 0 Å². The summed E-state index contributed by atoms with van der Waals surface area (Å²) in [7, 11) is 0. The lowest BCUT2D eigenvalue weighted by Crippen LogP contribution is -2.58. The largest absolute Gasteiger partial charge is 0.458 e. The van der Waals surface area contributed by atoms with Gasteiger partial charge in [-0.3, -0.25) is 9.59 Å². The molecule has 2 aromatic carbocycles. The lowest BCUT2D eigenvalue weighted by molar-refractivity contribution is -0.172. The first-order valence-electron chi connectivity index (χ1n) is 12.7. The Kier molecular flexibility index (Phi) is 6.18. The summed E-state index contributed by atoms with van der Waals surface area (Å²) in [5.41, 5.74) is 2.22. The average molecular weight is 513 g/mol. The van der Waals surface area contributed by atoms with Gasteiger partial charge in [-0.1, -0.05) is 0 Å². The van der Waals surface area contributed by atoms with Crippen LogP contribution in [0.15, 0.2) is 36.4 Å². The van der Waals surface area contributed by atoms with Crippen LogP contribution in [0, 0.1) is 29.3 Å². The Balaban J connectivity index is 1.13. The van der Waals surface area contributed by atoms with Crippen LogP contribution in [0.4, 0.5) is 13.2 Å². The number of halogens is 3. The number of benzene rings is 2. The van der Waals surface area contributed by atoms with Crippen LogP contribution in [0.1, 0.15) is 37.2 Å². The number of aromatic nitrogens is 1. The molecule has 1 saturated carbocycles. The van der Waals surface area contributed by atoms with Crippen molar-refractivity contribution in [2.24, 2.45) is 11.8 Å². The minimum Gasteiger partial charge on any atom is -0.458 e. The van der Waals surface area contributed by atoms with Crippen LogP contribution in [0.25, 0.3) is 22.2 Å². The first-order valence-corrected chi connectivity index (χ1v) is 12.7. The summed E-state index contributed by atoms with van der Waals surface area (Å²) in [6.07, 6.45) is 2.14. The van der Waals surface area contributed by atoms with E-state index >= 15 is 0 Å². The van der Waals surface area contributed by atoms with E-state index in [9.17, 15) is 22.8 Å². The van der Waals surface area contributed by atoms with E-state index in [1.807, 2.05) is 0 Å². The number of hydrogen-bond acceptors (Lipinski definition) is 4. The quantitative estimate of drug-likeness (QED) is 0.493. The first kappa shape index (κ1) is 24.0. The Morgan fingerprint density at radius 1 is 0.946 bits per heavy atom. The van der Waals surface area contributed by atoms with Gasteiger partial charge in [0.1, 0.15) is 23.6 Å². The molecule has 1 aromatic heterocycles. The van der Waals surface area contributed by atoms with E-state index < -0.39 is 11.6 Å². The minimum atomic E-state index is -0.696. The molecular formula is C28H27F3N2O4. The summed E-state index contributed by atoms with van der Waals surface area (Å²) in [5.74, 6) is -2.38. The van der Waals surface area contributed by atoms with E-state index in [-0.39, 0.29) is 47.1 Å². The summed E-state index contributed by atoms with van der Waals surface area (Å²) < 4.78 is 53.1. The maximum Gasteiger partial charge on any atom is 0.309 e. The molecule has 1 N–H and O–H groups in total. The molecule has 2 saturated heterocycles. The Morgan fingerprint density at radius 2 is 1.65 bits per heavy atom. The number of likely N-dealkylation sites (tertiary alicyclic amines) is 1. The minimum absolute atomic E-state index is 0.00940. The summed E-state index contributed by atoms with van der Waals surface area (Å²) in [6.45, 7) is 1.91. The highest BCUT2D eigenvalue weighted by Gasteiger charge is 2.44. The number of carbonyl (C=O) groups is 2. The van der Waals surface area contributed by atoms with Crippen molar-refractivity contribution in [2.75, 3.05) is 26.3 Å². The molecule has 3 heterocycles. The van der Waals surface area contributed by atoms with Gasteiger partial charge in [-0.25, -0.2) is 13.2 Å². The van der Waals surface area contributed by atoms with E-state index in [4.69, 9.17) is 9.47 Å². The zero-order valence-corrected chi connectivity index (χ0v) is 20.1. The van der Waals surface area contributed by atoms with E-state index in [2.05, 4.69) is 4.98 Å². The second kappa shape index (κ2) is 9.52. The fraction of sp³-hybridized carbons (Fsp3) is 0.429. The third-order valence-corrected chi connectivity index (χ3v) is 7.89. The fourth-order valence-corrected chi connectivity index (χ4v) is 5.71. The topological polar surface area (TPSA) is 71.6 Å². The van der Waals surface area contributed by atoms with Gasteiger partial charge in [0.2, 0.25) is 5.91 Å². The standard InChI is InChI=1S/C28H27F3N2O4/c29-19-3-1-15(2-4-19)25-24(22-11-20(30)12-23(31)26(22)32-25)17-9-18(10-17)27(34)33-13-21(14-33)37-28(35)16-5-7-36-8-6-16/h1-4,11-12,16-18,21,32H,5-10,13-14H2. The second-order valence-electron chi connectivity index (χ2n) is 10.3. The van der Waals surface area contributed by atoms with Crippen LogP contribution >= 0.6 is 0 Å². The molecule has 37 heavy (non-hydrogen) atoms. The molecule has 0 unspecified atom stereocenters. The van der Waals surface area contributed by atoms with Crippen LogP contribution in [0.2, 0.25) is 0 Å². The molecule has 3 aliphatic rings. The molecule has 0 spiro atoms.